The van der Waals surface area contributed by atoms with Crippen LogP contribution >= 0.6 is 0 Å². The molecule has 0 bridgehead atoms. The van der Waals surface area contributed by atoms with Gasteiger partial charge in [-0.25, -0.2) is 4.79 Å². The van der Waals surface area contributed by atoms with E-state index >= 15 is 0 Å². The Morgan fingerprint density at radius 3 is 2.90 bits per heavy atom. The number of amides is 2. The Kier molecular flexibility index (Phi) is 4.92. The van der Waals surface area contributed by atoms with Crippen LogP contribution < -0.4 is 5.32 Å². The standard InChI is InChI=1S/C14H19N3O3/c1-20-14(19)17-8-2-3-12(10-17)13(18)16-9-11-4-6-15-7-5-11/h4-7,12H,2-3,8-10H2,1H3,(H,16,18). The molecule has 0 aliphatic carbocycles. The smallest absolute Gasteiger partial charge is 0.409 e. The minimum absolute atomic E-state index is 0.0181. The van der Waals surface area contributed by atoms with E-state index in [0.29, 0.717) is 19.6 Å². The zero-order chi connectivity index (χ0) is 14.4. The van der Waals surface area contributed by atoms with Crippen LogP contribution in [0.1, 0.15) is 18.4 Å². The lowest BCUT2D eigenvalue weighted by Gasteiger charge is -2.30. The molecule has 1 fully saturated rings. The van der Waals surface area contributed by atoms with Crippen molar-refractivity contribution in [3.8, 4) is 0 Å². The number of carbonyl (C=O) groups excluding carboxylic acids is 2. The molecular formula is C14H19N3O3. The van der Waals surface area contributed by atoms with Gasteiger partial charge in [0.25, 0.3) is 0 Å². The molecular weight excluding hydrogens is 258 g/mol. The maximum atomic E-state index is 12.1. The van der Waals surface area contributed by atoms with E-state index < -0.39 is 0 Å². The number of piperidine rings is 1. The number of nitrogens with zero attached hydrogens (tertiary/aromatic N) is 2. The second kappa shape index (κ2) is 6.88. The zero-order valence-corrected chi connectivity index (χ0v) is 11.5. The molecule has 2 amide bonds. The quantitative estimate of drug-likeness (QED) is 0.900. The lowest BCUT2D eigenvalue weighted by Crippen LogP contribution is -2.45. The number of ether oxygens (including phenoxy) is 1. The summed E-state index contributed by atoms with van der Waals surface area (Å²) in [5.41, 5.74) is 1.01. The lowest BCUT2D eigenvalue weighted by molar-refractivity contribution is -0.126. The predicted molar refractivity (Wildman–Crippen MR) is 72.8 cm³/mol. The largest absolute Gasteiger partial charge is 0.453 e. The van der Waals surface area contributed by atoms with Crippen LogP contribution in [0.25, 0.3) is 0 Å². The van der Waals surface area contributed by atoms with Gasteiger partial charge in [0.2, 0.25) is 5.91 Å². The number of nitrogens with one attached hydrogen (secondary N) is 1. The topological polar surface area (TPSA) is 71.5 Å². The Labute approximate surface area is 118 Å². The first-order valence-corrected chi connectivity index (χ1v) is 6.70. The number of hydrogen-bond acceptors (Lipinski definition) is 4. The van der Waals surface area contributed by atoms with Crippen LogP contribution in [0.15, 0.2) is 24.5 Å². The van der Waals surface area contributed by atoms with Crippen LogP contribution in [0.4, 0.5) is 4.79 Å². The Bertz CT molecular complexity index is 464. The number of rotatable bonds is 3. The average Bonchev–Trinajstić information content (AvgIpc) is 2.53. The molecule has 6 heteroatoms. The first-order chi connectivity index (χ1) is 9.70. The predicted octanol–water partition coefficient (Wildman–Crippen LogP) is 1.18. The summed E-state index contributed by atoms with van der Waals surface area (Å²) >= 11 is 0. The summed E-state index contributed by atoms with van der Waals surface area (Å²) in [6.07, 6.45) is 4.65. The number of carbonyl (C=O) groups is 2. The second-order valence-corrected chi connectivity index (χ2v) is 4.83. The SMILES string of the molecule is COC(=O)N1CCCC(C(=O)NCc2ccncc2)C1. The van der Waals surface area contributed by atoms with E-state index in [0.717, 1.165) is 18.4 Å². The van der Waals surface area contributed by atoms with Gasteiger partial charge in [-0.3, -0.25) is 9.78 Å². The first-order valence-electron chi connectivity index (χ1n) is 6.70. The van der Waals surface area contributed by atoms with E-state index in [1.165, 1.54) is 7.11 Å². The molecule has 0 aromatic carbocycles. The van der Waals surface area contributed by atoms with E-state index in [-0.39, 0.29) is 17.9 Å². The van der Waals surface area contributed by atoms with Crippen molar-refractivity contribution >= 4 is 12.0 Å². The summed E-state index contributed by atoms with van der Waals surface area (Å²) in [5.74, 6) is -0.180. The van der Waals surface area contributed by atoms with Gasteiger partial charge < -0.3 is 15.0 Å². The van der Waals surface area contributed by atoms with E-state index in [9.17, 15) is 9.59 Å². The monoisotopic (exact) mass is 277 g/mol. The third-order valence-electron chi connectivity index (χ3n) is 3.44. The summed E-state index contributed by atoms with van der Waals surface area (Å²) in [6.45, 7) is 1.56. The molecule has 0 radical (unpaired) electrons. The van der Waals surface area contributed by atoms with Gasteiger partial charge in [-0.1, -0.05) is 0 Å². The van der Waals surface area contributed by atoms with Crippen LogP contribution in [0.2, 0.25) is 0 Å². The summed E-state index contributed by atoms with van der Waals surface area (Å²) in [5, 5.41) is 2.90. The maximum Gasteiger partial charge on any atom is 0.409 e. The lowest BCUT2D eigenvalue weighted by atomic mass is 9.97. The van der Waals surface area contributed by atoms with Gasteiger partial charge in [0.1, 0.15) is 0 Å². The van der Waals surface area contributed by atoms with Gasteiger partial charge >= 0.3 is 6.09 Å². The van der Waals surface area contributed by atoms with Crippen LogP contribution in [-0.2, 0) is 16.1 Å². The van der Waals surface area contributed by atoms with Gasteiger partial charge in [0, 0.05) is 32.0 Å². The fourth-order valence-corrected chi connectivity index (χ4v) is 2.32. The van der Waals surface area contributed by atoms with Gasteiger partial charge in [0.15, 0.2) is 0 Å². The summed E-state index contributed by atoms with van der Waals surface area (Å²) in [7, 11) is 1.36. The van der Waals surface area contributed by atoms with Gasteiger partial charge in [-0.2, -0.15) is 0 Å². The first kappa shape index (κ1) is 14.3. The Morgan fingerprint density at radius 2 is 2.20 bits per heavy atom. The van der Waals surface area contributed by atoms with Crippen molar-refractivity contribution in [3.05, 3.63) is 30.1 Å². The van der Waals surface area contributed by atoms with Crippen molar-refractivity contribution in [1.29, 1.82) is 0 Å². The molecule has 2 rings (SSSR count). The highest BCUT2D eigenvalue weighted by Crippen LogP contribution is 2.17. The third kappa shape index (κ3) is 3.69. The molecule has 0 spiro atoms. The van der Waals surface area contributed by atoms with Crippen molar-refractivity contribution in [2.24, 2.45) is 5.92 Å². The van der Waals surface area contributed by atoms with Crippen LogP contribution in [0.5, 0.6) is 0 Å². The molecule has 108 valence electrons. The maximum absolute atomic E-state index is 12.1. The Hall–Kier alpha value is -2.11. The van der Waals surface area contributed by atoms with E-state index in [4.69, 9.17) is 4.74 Å². The number of pyridine rings is 1. The highest BCUT2D eigenvalue weighted by Gasteiger charge is 2.28. The Balaban J connectivity index is 1.84. The molecule has 2 heterocycles. The van der Waals surface area contributed by atoms with E-state index in [1.807, 2.05) is 12.1 Å². The summed E-state index contributed by atoms with van der Waals surface area (Å²) in [4.78, 5) is 29.1. The molecule has 1 aromatic heterocycles. The molecule has 1 aliphatic rings. The van der Waals surface area contributed by atoms with Crippen molar-refractivity contribution in [2.75, 3.05) is 20.2 Å². The minimum Gasteiger partial charge on any atom is -0.453 e. The molecule has 6 nitrogen and oxygen atoms in total. The van der Waals surface area contributed by atoms with Crippen molar-refractivity contribution in [2.45, 2.75) is 19.4 Å². The van der Waals surface area contributed by atoms with E-state index in [2.05, 4.69) is 10.3 Å². The normalized spacial score (nSPS) is 18.4. The number of aromatic nitrogens is 1. The molecule has 1 aromatic rings. The average molecular weight is 277 g/mol. The number of likely N-dealkylation sites (tertiary alicyclic amines) is 1. The number of methoxy groups -OCH3 is 1. The fourth-order valence-electron chi connectivity index (χ4n) is 2.32. The van der Waals surface area contributed by atoms with Crippen molar-refractivity contribution in [3.63, 3.8) is 0 Å². The third-order valence-corrected chi connectivity index (χ3v) is 3.44. The molecule has 1 N–H and O–H groups in total. The van der Waals surface area contributed by atoms with Gasteiger partial charge in [0.05, 0.1) is 13.0 Å². The highest BCUT2D eigenvalue weighted by molar-refractivity contribution is 5.79. The summed E-state index contributed by atoms with van der Waals surface area (Å²) < 4.78 is 4.70. The zero-order valence-electron chi connectivity index (χ0n) is 11.5. The van der Waals surface area contributed by atoms with Crippen molar-refractivity contribution in [1.82, 2.24) is 15.2 Å². The highest BCUT2D eigenvalue weighted by atomic mass is 16.5. The van der Waals surface area contributed by atoms with Crippen molar-refractivity contribution < 1.29 is 14.3 Å². The summed E-state index contributed by atoms with van der Waals surface area (Å²) in [6, 6.07) is 3.73. The molecule has 1 aliphatic heterocycles. The minimum atomic E-state index is -0.364. The Morgan fingerprint density at radius 1 is 1.45 bits per heavy atom. The van der Waals surface area contributed by atoms with Crippen LogP contribution in [0.3, 0.4) is 0 Å². The second-order valence-electron chi connectivity index (χ2n) is 4.83. The number of hydrogen-bond donors (Lipinski definition) is 1. The molecule has 1 unspecified atom stereocenters. The van der Waals surface area contributed by atoms with E-state index in [1.54, 1.807) is 17.3 Å². The van der Waals surface area contributed by atoms with Crippen LogP contribution in [0, 0.1) is 5.92 Å². The molecule has 20 heavy (non-hydrogen) atoms. The molecule has 0 saturated carbocycles. The van der Waals surface area contributed by atoms with Gasteiger partial charge in [-0.15, -0.1) is 0 Å². The molecule has 1 atom stereocenters. The fraction of sp³-hybridized carbons (Fsp3) is 0.500. The molecule has 1 saturated heterocycles. The van der Waals surface area contributed by atoms with Gasteiger partial charge in [-0.05, 0) is 30.5 Å². The van der Waals surface area contributed by atoms with Crippen LogP contribution in [-0.4, -0.2) is 42.1 Å².